The van der Waals surface area contributed by atoms with Gasteiger partial charge in [-0.2, -0.15) is 0 Å². The molecule has 1 N–H and O–H groups in total. The van der Waals surface area contributed by atoms with Crippen molar-refractivity contribution < 1.29 is 4.74 Å². The normalized spacial score (nSPS) is 34.6. The lowest BCUT2D eigenvalue weighted by molar-refractivity contribution is 0.0374. The third kappa shape index (κ3) is 4.94. The van der Waals surface area contributed by atoms with E-state index in [4.69, 9.17) is 4.74 Å². The van der Waals surface area contributed by atoms with Crippen LogP contribution in [0.5, 0.6) is 0 Å². The lowest BCUT2D eigenvalue weighted by Crippen LogP contribution is -2.38. The van der Waals surface area contributed by atoms with Crippen molar-refractivity contribution in [2.45, 2.75) is 51.4 Å². The van der Waals surface area contributed by atoms with Crippen LogP contribution < -0.4 is 5.32 Å². The molecule has 3 heteroatoms. The van der Waals surface area contributed by atoms with Gasteiger partial charge in [-0.1, -0.05) is 25.7 Å². The molecular weight excluding hydrogens is 260 g/mol. The number of nitrogens with zero attached hydrogens (tertiary/aromatic N) is 1. The molecule has 1 heterocycles. The van der Waals surface area contributed by atoms with Gasteiger partial charge in [-0.15, -0.1) is 0 Å². The van der Waals surface area contributed by atoms with E-state index in [0.29, 0.717) is 0 Å². The molecule has 21 heavy (non-hydrogen) atoms. The fourth-order valence-electron chi connectivity index (χ4n) is 4.71. The lowest BCUT2D eigenvalue weighted by Gasteiger charge is -2.39. The highest BCUT2D eigenvalue weighted by molar-refractivity contribution is 4.83. The van der Waals surface area contributed by atoms with Crippen LogP contribution in [-0.4, -0.2) is 50.8 Å². The second-order valence-electron chi connectivity index (χ2n) is 7.50. The van der Waals surface area contributed by atoms with Gasteiger partial charge < -0.3 is 10.1 Å². The van der Waals surface area contributed by atoms with Gasteiger partial charge in [0, 0.05) is 13.1 Å². The Morgan fingerprint density at radius 3 is 2.62 bits per heavy atom. The Morgan fingerprint density at radius 2 is 1.76 bits per heavy atom. The Kier molecular flexibility index (Phi) is 6.38. The summed E-state index contributed by atoms with van der Waals surface area (Å²) in [4.78, 5) is 2.54. The van der Waals surface area contributed by atoms with Gasteiger partial charge in [0.15, 0.2) is 0 Å². The smallest absolute Gasteiger partial charge is 0.0594 e. The summed E-state index contributed by atoms with van der Waals surface area (Å²) in [5, 5.41) is 3.73. The van der Waals surface area contributed by atoms with Gasteiger partial charge in [-0.3, -0.25) is 4.90 Å². The molecule has 3 aliphatic rings. The Balaban J connectivity index is 1.24. The van der Waals surface area contributed by atoms with E-state index in [2.05, 4.69) is 10.2 Å². The van der Waals surface area contributed by atoms with Crippen molar-refractivity contribution >= 4 is 0 Å². The molecule has 3 nitrogen and oxygen atoms in total. The molecule has 2 aliphatic carbocycles. The van der Waals surface area contributed by atoms with Crippen molar-refractivity contribution in [1.29, 1.82) is 0 Å². The van der Waals surface area contributed by atoms with E-state index in [1.165, 1.54) is 71.0 Å². The van der Waals surface area contributed by atoms with Crippen molar-refractivity contribution in [2.75, 3.05) is 45.9 Å². The van der Waals surface area contributed by atoms with E-state index in [9.17, 15) is 0 Å². The molecule has 3 unspecified atom stereocenters. The van der Waals surface area contributed by atoms with E-state index < -0.39 is 0 Å². The van der Waals surface area contributed by atoms with E-state index in [1.54, 1.807) is 0 Å². The molecule has 0 spiro atoms. The SMILES string of the molecule is C1CCC2CC(CNCCCN3CCOCC3)CCC2C1. The highest BCUT2D eigenvalue weighted by atomic mass is 16.5. The Labute approximate surface area is 130 Å². The number of ether oxygens (including phenoxy) is 1. The zero-order valence-corrected chi connectivity index (χ0v) is 13.7. The number of hydrogen-bond donors (Lipinski definition) is 1. The first-order valence-corrected chi connectivity index (χ1v) is 9.42. The second-order valence-corrected chi connectivity index (χ2v) is 7.50. The molecule has 122 valence electrons. The average Bonchev–Trinajstić information content (AvgIpc) is 2.55. The van der Waals surface area contributed by atoms with E-state index >= 15 is 0 Å². The molecule has 0 radical (unpaired) electrons. The molecule has 0 aromatic rings. The predicted molar refractivity (Wildman–Crippen MR) is 87.5 cm³/mol. The third-order valence-electron chi connectivity index (χ3n) is 6.01. The molecule has 0 bridgehead atoms. The van der Waals surface area contributed by atoms with E-state index in [-0.39, 0.29) is 0 Å². The fourth-order valence-corrected chi connectivity index (χ4v) is 4.71. The zero-order valence-electron chi connectivity index (χ0n) is 13.7. The number of hydrogen-bond acceptors (Lipinski definition) is 3. The minimum atomic E-state index is 0.929. The van der Waals surface area contributed by atoms with Gasteiger partial charge >= 0.3 is 0 Å². The summed E-state index contributed by atoms with van der Waals surface area (Å²) >= 11 is 0. The molecular formula is C18H34N2O. The van der Waals surface area contributed by atoms with Crippen molar-refractivity contribution in [3.63, 3.8) is 0 Å². The van der Waals surface area contributed by atoms with Gasteiger partial charge in [0.1, 0.15) is 0 Å². The molecule has 3 rings (SSSR count). The van der Waals surface area contributed by atoms with Crippen molar-refractivity contribution in [2.24, 2.45) is 17.8 Å². The van der Waals surface area contributed by atoms with Gasteiger partial charge in [0.25, 0.3) is 0 Å². The monoisotopic (exact) mass is 294 g/mol. The maximum Gasteiger partial charge on any atom is 0.0594 e. The minimum absolute atomic E-state index is 0.929. The Hall–Kier alpha value is -0.120. The summed E-state index contributed by atoms with van der Waals surface area (Å²) in [6, 6.07) is 0. The number of morpholine rings is 1. The summed E-state index contributed by atoms with van der Waals surface area (Å²) in [6.07, 6.45) is 11.9. The third-order valence-corrected chi connectivity index (χ3v) is 6.01. The van der Waals surface area contributed by atoms with Crippen LogP contribution in [0.4, 0.5) is 0 Å². The Morgan fingerprint density at radius 1 is 0.952 bits per heavy atom. The summed E-state index contributed by atoms with van der Waals surface area (Å²) in [6.45, 7) is 7.83. The number of rotatable bonds is 6. The zero-order chi connectivity index (χ0) is 14.3. The van der Waals surface area contributed by atoms with Crippen LogP contribution in [0.1, 0.15) is 51.4 Å². The average molecular weight is 294 g/mol. The predicted octanol–water partition coefficient (Wildman–Crippen LogP) is 2.90. The van der Waals surface area contributed by atoms with Crippen LogP contribution in [0.25, 0.3) is 0 Å². The minimum Gasteiger partial charge on any atom is -0.379 e. The van der Waals surface area contributed by atoms with E-state index in [0.717, 1.165) is 44.1 Å². The molecule has 1 saturated heterocycles. The molecule has 3 fully saturated rings. The van der Waals surface area contributed by atoms with Gasteiger partial charge in [-0.25, -0.2) is 0 Å². The van der Waals surface area contributed by atoms with Gasteiger partial charge in [0.05, 0.1) is 13.2 Å². The maximum atomic E-state index is 5.39. The number of fused-ring (bicyclic) bond motifs is 1. The summed E-state index contributed by atoms with van der Waals surface area (Å²) in [5.74, 6) is 3.14. The van der Waals surface area contributed by atoms with Gasteiger partial charge in [0.2, 0.25) is 0 Å². The lowest BCUT2D eigenvalue weighted by atomic mass is 9.67. The van der Waals surface area contributed by atoms with Crippen molar-refractivity contribution in [1.82, 2.24) is 10.2 Å². The molecule has 2 saturated carbocycles. The molecule has 3 atom stereocenters. The highest BCUT2D eigenvalue weighted by Crippen LogP contribution is 2.42. The fraction of sp³-hybridized carbons (Fsp3) is 1.00. The van der Waals surface area contributed by atoms with Crippen LogP contribution in [0.2, 0.25) is 0 Å². The Bertz CT molecular complexity index is 291. The van der Waals surface area contributed by atoms with Crippen LogP contribution in [0, 0.1) is 17.8 Å². The quantitative estimate of drug-likeness (QED) is 0.762. The molecule has 0 aromatic carbocycles. The standard InChI is InChI=1S/C18H34N2O/c1-2-5-18-14-16(6-7-17(18)4-1)15-19-8-3-9-20-10-12-21-13-11-20/h16-19H,1-15H2. The maximum absolute atomic E-state index is 5.39. The first-order valence-electron chi connectivity index (χ1n) is 9.42. The first kappa shape index (κ1) is 15.8. The van der Waals surface area contributed by atoms with Crippen LogP contribution in [-0.2, 0) is 4.74 Å². The van der Waals surface area contributed by atoms with Crippen LogP contribution in [0.3, 0.4) is 0 Å². The molecule has 0 amide bonds. The summed E-state index contributed by atoms with van der Waals surface area (Å²) in [7, 11) is 0. The largest absolute Gasteiger partial charge is 0.379 e. The number of nitrogens with one attached hydrogen (secondary N) is 1. The van der Waals surface area contributed by atoms with Crippen LogP contribution >= 0.6 is 0 Å². The molecule has 0 aromatic heterocycles. The first-order chi connectivity index (χ1) is 10.4. The van der Waals surface area contributed by atoms with Gasteiger partial charge in [-0.05, 0) is 63.1 Å². The van der Waals surface area contributed by atoms with E-state index in [1.807, 2.05) is 0 Å². The summed E-state index contributed by atoms with van der Waals surface area (Å²) < 4.78 is 5.39. The second kappa shape index (κ2) is 8.50. The molecule has 1 aliphatic heterocycles. The topological polar surface area (TPSA) is 24.5 Å². The highest BCUT2D eigenvalue weighted by Gasteiger charge is 2.31. The van der Waals surface area contributed by atoms with Crippen molar-refractivity contribution in [3.8, 4) is 0 Å². The van der Waals surface area contributed by atoms with Crippen LogP contribution in [0.15, 0.2) is 0 Å². The van der Waals surface area contributed by atoms with Crippen molar-refractivity contribution in [3.05, 3.63) is 0 Å². The summed E-state index contributed by atoms with van der Waals surface area (Å²) in [5.41, 5.74) is 0.